The topological polar surface area (TPSA) is 25.2 Å². The molecule has 0 unspecified atom stereocenters. The van der Waals surface area contributed by atoms with Gasteiger partial charge in [-0.2, -0.15) is 18.2 Å². The number of hydrogen-bond donors (Lipinski definition) is 0. The highest BCUT2D eigenvalue weighted by Gasteiger charge is 2.31. The Hall–Kier alpha value is -0.970. The van der Waals surface area contributed by atoms with Gasteiger partial charge in [0.05, 0.1) is 15.7 Å². The van der Waals surface area contributed by atoms with E-state index in [0.29, 0.717) is 6.20 Å². The van der Waals surface area contributed by atoms with Crippen molar-refractivity contribution < 1.29 is 13.2 Å². The van der Waals surface area contributed by atoms with Gasteiger partial charge in [-0.25, -0.2) is 4.98 Å². The molecule has 1 aromatic heterocycles. The van der Waals surface area contributed by atoms with Crippen molar-refractivity contribution in [3.05, 3.63) is 22.8 Å². The fourth-order valence-electron chi connectivity index (χ4n) is 0.711. The van der Waals surface area contributed by atoms with Crippen molar-refractivity contribution in [1.29, 1.82) is 0 Å². The SMILES string of the molecule is FC(F)(F)c1cnc(N=C=S)c(Cl)c1. The molecule has 1 aromatic rings. The molecule has 0 saturated carbocycles. The Morgan fingerprint density at radius 2 is 2.14 bits per heavy atom. The second kappa shape index (κ2) is 4.04. The Balaban J connectivity index is 3.19. The molecular formula is C7H2ClF3N2S. The quantitative estimate of drug-likeness (QED) is 0.553. The second-order valence-electron chi connectivity index (χ2n) is 2.23. The molecule has 14 heavy (non-hydrogen) atoms. The number of aromatic nitrogens is 1. The van der Waals surface area contributed by atoms with Crippen molar-refractivity contribution >= 4 is 34.8 Å². The number of thiocarbonyl (C=S) groups is 1. The van der Waals surface area contributed by atoms with Gasteiger partial charge in [-0.3, -0.25) is 0 Å². The highest BCUT2D eigenvalue weighted by atomic mass is 35.5. The number of isothiocyanates is 1. The van der Waals surface area contributed by atoms with E-state index in [1.165, 1.54) is 0 Å². The third kappa shape index (κ3) is 2.51. The molecule has 0 aliphatic heterocycles. The lowest BCUT2D eigenvalue weighted by atomic mass is 10.3. The van der Waals surface area contributed by atoms with Crippen LogP contribution in [0.15, 0.2) is 17.3 Å². The second-order valence-corrected chi connectivity index (χ2v) is 2.82. The third-order valence-electron chi connectivity index (χ3n) is 1.30. The number of pyridine rings is 1. The molecule has 0 aromatic carbocycles. The fraction of sp³-hybridized carbons (Fsp3) is 0.143. The Kier molecular flexibility index (Phi) is 3.21. The lowest BCUT2D eigenvalue weighted by Crippen LogP contribution is -2.05. The molecule has 0 radical (unpaired) electrons. The van der Waals surface area contributed by atoms with E-state index < -0.39 is 11.7 Å². The molecule has 1 rings (SSSR count). The predicted octanol–water partition coefficient (Wildman–Crippen LogP) is 3.49. The van der Waals surface area contributed by atoms with Crippen LogP contribution in [0.2, 0.25) is 5.02 Å². The van der Waals surface area contributed by atoms with Crippen LogP contribution in [0.3, 0.4) is 0 Å². The van der Waals surface area contributed by atoms with Gasteiger partial charge in [0.1, 0.15) is 0 Å². The molecule has 0 atom stereocenters. The van der Waals surface area contributed by atoms with E-state index in [4.69, 9.17) is 11.6 Å². The van der Waals surface area contributed by atoms with E-state index in [9.17, 15) is 13.2 Å². The molecule has 7 heteroatoms. The van der Waals surface area contributed by atoms with E-state index in [2.05, 4.69) is 22.2 Å². The van der Waals surface area contributed by atoms with Crippen molar-refractivity contribution in [3.8, 4) is 0 Å². The van der Waals surface area contributed by atoms with Crippen LogP contribution < -0.4 is 0 Å². The van der Waals surface area contributed by atoms with Crippen LogP contribution in [0.5, 0.6) is 0 Å². The zero-order valence-corrected chi connectivity index (χ0v) is 8.04. The average Bonchev–Trinajstić information content (AvgIpc) is 2.07. The summed E-state index contributed by atoms with van der Waals surface area (Å²) in [6, 6.07) is 0.736. The number of halogens is 4. The minimum atomic E-state index is -4.46. The van der Waals surface area contributed by atoms with Gasteiger partial charge in [0, 0.05) is 6.20 Å². The first-order valence-electron chi connectivity index (χ1n) is 3.26. The van der Waals surface area contributed by atoms with Gasteiger partial charge in [0.15, 0.2) is 5.82 Å². The highest BCUT2D eigenvalue weighted by molar-refractivity contribution is 7.78. The van der Waals surface area contributed by atoms with Crippen molar-refractivity contribution in [2.75, 3.05) is 0 Å². The molecule has 0 aliphatic carbocycles. The highest BCUT2D eigenvalue weighted by Crippen LogP contribution is 2.32. The van der Waals surface area contributed by atoms with Gasteiger partial charge in [-0.1, -0.05) is 11.6 Å². The summed E-state index contributed by atoms with van der Waals surface area (Å²) in [6.45, 7) is 0. The maximum atomic E-state index is 12.1. The lowest BCUT2D eigenvalue weighted by molar-refractivity contribution is -0.137. The van der Waals surface area contributed by atoms with Crippen LogP contribution in [0.1, 0.15) is 5.56 Å². The maximum absolute atomic E-state index is 12.1. The first-order chi connectivity index (χ1) is 6.45. The molecule has 0 bridgehead atoms. The smallest absolute Gasteiger partial charge is 0.235 e. The summed E-state index contributed by atoms with van der Waals surface area (Å²) in [6.07, 6.45) is -3.83. The zero-order chi connectivity index (χ0) is 10.8. The summed E-state index contributed by atoms with van der Waals surface area (Å²) in [5, 5.41) is 1.75. The molecule has 74 valence electrons. The summed E-state index contributed by atoms with van der Waals surface area (Å²) in [4.78, 5) is 6.77. The molecule has 0 fully saturated rings. The van der Waals surface area contributed by atoms with Crippen molar-refractivity contribution in [2.45, 2.75) is 6.18 Å². The van der Waals surface area contributed by atoms with Crippen LogP contribution in [0, 0.1) is 0 Å². The summed E-state index contributed by atoms with van der Waals surface area (Å²) in [7, 11) is 0. The third-order valence-corrected chi connectivity index (χ3v) is 1.67. The van der Waals surface area contributed by atoms with Gasteiger partial charge < -0.3 is 0 Å². The molecule has 0 saturated heterocycles. The van der Waals surface area contributed by atoms with Crippen LogP contribution in [0.25, 0.3) is 0 Å². The zero-order valence-electron chi connectivity index (χ0n) is 6.47. The van der Waals surface area contributed by atoms with E-state index >= 15 is 0 Å². The molecular weight excluding hydrogens is 237 g/mol. The summed E-state index contributed by atoms with van der Waals surface area (Å²) < 4.78 is 36.4. The predicted molar refractivity (Wildman–Crippen MR) is 48.9 cm³/mol. The van der Waals surface area contributed by atoms with Crippen molar-refractivity contribution in [1.82, 2.24) is 4.98 Å². The largest absolute Gasteiger partial charge is 0.417 e. The number of rotatable bonds is 1. The van der Waals surface area contributed by atoms with Crippen LogP contribution in [-0.4, -0.2) is 10.1 Å². The maximum Gasteiger partial charge on any atom is 0.417 e. The number of hydrogen-bond acceptors (Lipinski definition) is 3. The number of aliphatic imine (C=N–C) groups is 1. The van der Waals surface area contributed by atoms with E-state index in [1.54, 1.807) is 0 Å². The molecule has 1 heterocycles. The van der Waals surface area contributed by atoms with Crippen LogP contribution in [0.4, 0.5) is 19.0 Å². The van der Waals surface area contributed by atoms with Gasteiger partial charge >= 0.3 is 6.18 Å². The molecule has 0 N–H and O–H groups in total. The molecule has 0 spiro atoms. The van der Waals surface area contributed by atoms with Crippen LogP contribution in [-0.2, 0) is 6.18 Å². The summed E-state index contributed by atoms with van der Waals surface area (Å²) in [5.41, 5.74) is -0.925. The lowest BCUT2D eigenvalue weighted by Gasteiger charge is -2.06. The van der Waals surface area contributed by atoms with Crippen molar-refractivity contribution in [3.63, 3.8) is 0 Å². The first kappa shape index (κ1) is 11.1. The van der Waals surface area contributed by atoms with Crippen molar-refractivity contribution in [2.24, 2.45) is 4.99 Å². The Morgan fingerprint density at radius 3 is 2.57 bits per heavy atom. The van der Waals surface area contributed by atoms with Gasteiger partial charge in [-0.05, 0) is 18.3 Å². The molecule has 0 aliphatic rings. The number of nitrogens with zero attached hydrogens (tertiary/aromatic N) is 2. The Morgan fingerprint density at radius 1 is 1.50 bits per heavy atom. The van der Waals surface area contributed by atoms with E-state index in [1.807, 2.05) is 5.16 Å². The standard InChI is InChI=1S/C7H2ClF3N2S/c8-5-1-4(7(9,10)11)2-12-6(5)13-3-14/h1-2H. The molecule has 0 amide bonds. The van der Waals surface area contributed by atoms with Gasteiger partial charge in [0.25, 0.3) is 0 Å². The first-order valence-corrected chi connectivity index (χ1v) is 4.04. The number of alkyl halides is 3. The van der Waals surface area contributed by atoms with Gasteiger partial charge in [0.2, 0.25) is 0 Å². The average molecular weight is 239 g/mol. The van der Waals surface area contributed by atoms with E-state index in [0.717, 1.165) is 6.07 Å². The Labute approximate surface area is 87.4 Å². The Bertz CT molecular complexity index is 398. The summed E-state index contributed by atoms with van der Waals surface area (Å²) in [5.74, 6) is -0.0744. The summed E-state index contributed by atoms with van der Waals surface area (Å²) >= 11 is 9.73. The monoisotopic (exact) mass is 238 g/mol. The van der Waals surface area contributed by atoms with E-state index in [-0.39, 0.29) is 10.8 Å². The molecule has 2 nitrogen and oxygen atoms in total. The fourth-order valence-corrected chi connectivity index (χ4v) is 1.01. The van der Waals surface area contributed by atoms with Gasteiger partial charge in [-0.15, -0.1) is 0 Å². The normalized spacial score (nSPS) is 10.9. The minimum absolute atomic E-state index is 0.0744. The minimum Gasteiger partial charge on any atom is -0.235 e. The van der Waals surface area contributed by atoms with Crippen LogP contribution >= 0.6 is 23.8 Å².